The molecular weight excluding hydrogens is 406 g/mol. The highest BCUT2D eigenvalue weighted by Crippen LogP contribution is 2.25. The molecule has 32 heavy (non-hydrogen) atoms. The van der Waals surface area contributed by atoms with Crippen LogP contribution >= 0.6 is 0 Å². The zero-order chi connectivity index (χ0) is 22.9. The third-order valence-corrected chi connectivity index (χ3v) is 4.50. The van der Waals surface area contributed by atoms with Crippen LogP contribution in [0.1, 0.15) is 24.2 Å². The van der Waals surface area contributed by atoms with Gasteiger partial charge in [-0.15, -0.1) is 0 Å². The van der Waals surface area contributed by atoms with Gasteiger partial charge in [0.05, 0.1) is 34.9 Å². The van der Waals surface area contributed by atoms with Crippen molar-refractivity contribution in [2.75, 3.05) is 18.6 Å². The quantitative estimate of drug-likeness (QED) is 0.310. The summed E-state index contributed by atoms with van der Waals surface area (Å²) in [6, 6.07) is 21.1. The fourth-order valence-corrected chi connectivity index (χ4v) is 2.62. The highest BCUT2D eigenvalue weighted by atomic mass is 16.5. The number of amides is 1. The van der Waals surface area contributed by atoms with Crippen molar-refractivity contribution in [2.45, 2.75) is 13.8 Å². The largest absolute Gasteiger partial charge is 0.462 e. The Morgan fingerprint density at radius 2 is 1.09 bits per heavy atom. The molecule has 3 rings (SSSR count). The molecule has 3 aromatic carbocycles. The summed E-state index contributed by atoms with van der Waals surface area (Å²) in [4.78, 5) is 24.6. The number of carbonyl (C=O) groups is 2. The van der Waals surface area contributed by atoms with Crippen LogP contribution in [-0.2, 0) is 9.53 Å². The Balaban J connectivity index is 1.60. The zero-order valence-electron chi connectivity index (χ0n) is 18.1. The molecule has 0 fully saturated rings. The molecule has 162 valence electrons. The van der Waals surface area contributed by atoms with E-state index < -0.39 is 0 Å². The Hall–Kier alpha value is -4.20. The van der Waals surface area contributed by atoms with Crippen LogP contribution < -0.4 is 4.90 Å². The number of ether oxygens (including phenoxy) is 1. The maximum Gasteiger partial charge on any atom is 0.338 e. The predicted molar refractivity (Wildman–Crippen MR) is 123 cm³/mol. The summed E-state index contributed by atoms with van der Waals surface area (Å²) in [5.74, 6) is -0.398. The SMILES string of the molecule is CCOC(=O)c1ccc(N=Nc2ccc(N=Nc3ccc(N(C)C(C)=O)cc3)cc2)cc1. The third kappa shape index (κ3) is 6.15. The average molecular weight is 429 g/mol. The number of nitrogens with zero attached hydrogens (tertiary/aromatic N) is 5. The average Bonchev–Trinajstić information content (AvgIpc) is 2.82. The van der Waals surface area contributed by atoms with E-state index in [9.17, 15) is 9.59 Å². The molecule has 0 aliphatic carbocycles. The van der Waals surface area contributed by atoms with E-state index in [4.69, 9.17) is 4.74 Å². The van der Waals surface area contributed by atoms with Crippen LogP contribution in [-0.4, -0.2) is 25.5 Å². The number of carbonyl (C=O) groups excluding carboxylic acids is 2. The molecule has 1 amide bonds. The smallest absolute Gasteiger partial charge is 0.338 e. The van der Waals surface area contributed by atoms with Gasteiger partial charge in [-0.05, 0) is 79.7 Å². The summed E-state index contributed by atoms with van der Waals surface area (Å²) in [6.07, 6.45) is 0. The molecule has 0 heterocycles. The monoisotopic (exact) mass is 429 g/mol. The van der Waals surface area contributed by atoms with Crippen LogP contribution in [0.25, 0.3) is 0 Å². The molecule has 0 unspecified atom stereocenters. The molecule has 0 spiro atoms. The molecular formula is C24H23N5O3. The Kier molecular flexibility index (Phi) is 7.53. The molecule has 0 bridgehead atoms. The van der Waals surface area contributed by atoms with Gasteiger partial charge in [-0.1, -0.05) is 0 Å². The maximum atomic E-state index is 11.7. The molecule has 3 aromatic rings. The van der Waals surface area contributed by atoms with Crippen molar-refractivity contribution < 1.29 is 14.3 Å². The number of benzene rings is 3. The third-order valence-electron chi connectivity index (χ3n) is 4.50. The summed E-state index contributed by atoms with van der Waals surface area (Å²) in [5.41, 5.74) is 3.91. The standard InChI is InChI=1S/C24H23N5O3/c1-4-32-24(31)18-5-7-19(8-6-18)25-26-20-9-11-21(12-10-20)27-28-22-13-15-23(16-14-22)29(3)17(2)30/h5-16H,4H2,1-3H3. The summed E-state index contributed by atoms with van der Waals surface area (Å²) >= 11 is 0. The second kappa shape index (κ2) is 10.7. The minimum atomic E-state index is -0.361. The molecule has 0 saturated carbocycles. The fraction of sp³-hybridized carbons (Fsp3) is 0.167. The van der Waals surface area contributed by atoms with Crippen LogP contribution in [0.2, 0.25) is 0 Å². The highest BCUT2D eigenvalue weighted by molar-refractivity contribution is 5.91. The number of rotatable bonds is 7. The van der Waals surface area contributed by atoms with Crippen molar-refractivity contribution in [3.05, 3.63) is 78.4 Å². The number of hydrogen-bond acceptors (Lipinski definition) is 7. The predicted octanol–water partition coefficient (Wildman–Crippen LogP) is 6.68. The normalized spacial score (nSPS) is 11.1. The molecule has 8 nitrogen and oxygen atoms in total. The van der Waals surface area contributed by atoms with Gasteiger partial charge in [0, 0.05) is 19.7 Å². The molecule has 8 heteroatoms. The molecule has 0 aliphatic rings. The highest BCUT2D eigenvalue weighted by Gasteiger charge is 2.06. The van der Waals surface area contributed by atoms with Crippen molar-refractivity contribution in [1.29, 1.82) is 0 Å². The lowest BCUT2D eigenvalue weighted by molar-refractivity contribution is -0.116. The first-order valence-electron chi connectivity index (χ1n) is 10.0. The molecule has 0 atom stereocenters. The molecule has 0 N–H and O–H groups in total. The van der Waals surface area contributed by atoms with E-state index in [1.54, 1.807) is 79.5 Å². The first-order valence-corrected chi connectivity index (χ1v) is 10.0. The van der Waals surface area contributed by atoms with E-state index in [2.05, 4.69) is 20.5 Å². The number of esters is 1. The van der Waals surface area contributed by atoms with Gasteiger partial charge < -0.3 is 9.64 Å². The van der Waals surface area contributed by atoms with Crippen molar-refractivity contribution in [3.63, 3.8) is 0 Å². The van der Waals surface area contributed by atoms with Crippen LogP contribution in [0, 0.1) is 0 Å². The molecule has 0 aromatic heterocycles. The number of anilines is 1. The Bertz CT molecular complexity index is 1120. The second-order valence-corrected chi connectivity index (χ2v) is 6.78. The van der Waals surface area contributed by atoms with Gasteiger partial charge in [-0.25, -0.2) is 4.79 Å². The van der Waals surface area contributed by atoms with E-state index in [0.29, 0.717) is 34.9 Å². The Labute approximate surface area is 186 Å². The van der Waals surface area contributed by atoms with Crippen LogP contribution in [0.5, 0.6) is 0 Å². The molecule has 0 saturated heterocycles. The van der Waals surface area contributed by atoms with Gasteiger partial charge in [0.25, 0.3) is 0 Å². The summed E-state index contributed by atoms with van der Waals surface area (Å²) in [7, 11) is 1.72. The number of azo groups is 2. The minimum absolute atomic E-state index is 0.0368. The summed E-state index contributed by atoms with van der Waals surface area (Å²) in [6.45, 7) is 3.61. The lowest BCUT2D eigenvalue weighted by atomic mass is 10.2. The van der Waals surface area contributed by atoms with Crippen molar-refractivity contribution in [3.8, 4) is 0 Å². The van der Waals surface area contributed by atoms with E-state index in [1.165, 1.54) is 6.92 Å². The summed E-state index contributed by atoms with van der Waals surface area (Å²) in [5, 5.41) is 16.8. The second-order valence-electron chi connectivity index (χ2n) is 6.78. The Morgan fingerprint density at radius 3 is 1.47 bits per heavy atom. The van der Waals surface area contributed by atoms with E-state index in [0.717, 1.165) is 5.69 Å². The van der Waals surface area contributed by atoms with Crippen molar-refractivity contribution >= 4 is 40.3 Å². The van der Waals surface area contributed by atoms with Crippen molar-refractivity contribution in [2.24, 2.45) is 20.5 Å². The van der Waals surface area contributed by atoms with Crippen LogP contribution in [0.3, 0.4) is 0 Å². The summed E-state index contributed by atoms with van der Waals surface area (Å²) < 4.78 is 4.96. The first-order chi connectivity index (χ1) is 15.5. The van der Waals surface area contributed by atoms with Gasteiger partial charge >= 0.3 is 5.97 Å². The lowest BCUT2D eigenvalue weighted by Crippen LogP contribution is -2.22. The van der Waals surface area contributed by atoms with Gasteiger partial charge in [-0.3, -0.25) is 4.79 Å². The Morgan fingerprint density at radius 1 is 0.719 bits per heavy atom. The van der Waals surface area contributed by atoms with Crippen LogP contribution in [0.4, 0.5) is 28.4 Å². The van der Waals surface area contributed by atoms with Gasteiger partial charge in [0.15, 0.2) is 0 Å². The van der Waals surface area contributed by atoms with E-state index in [-0.39, 0.29) is 11.9 Å². The minimum Gasteiger partial charge on any atom is -0.462 e. The van der Waals surface area contributed by atoms with Gasteiger partial charge in [-0.2, -0.15) is 20.5 Å². The zero-order valence-corrected chi connectivity index (χ0v) is 18.1. The molecule has 0 radical (unpaired) electrons. The van der Waals surface area contributed by atoms with E-state index >= 15 is 0 Å². The van der Waals surface area contributed by atoms with E-state index in [1.807, 2.05) is 12.1 Å². The van der Waals surface area contributed by atoms with Gasteiger partial charge in [0.1, 0.15) is 0 Å². The first kappa shape index (κ1) is 22.5. The van der Waals surface area contributed by atoms with Crippen molar-refractivity contribution in [1.82, 2.24) is 0 Å². The number of hydrogen-bond donors (Lipinski definition) is 0. The maximum absolute atomic E-state index is 11.7. The lowest BCUT2D eigenvalue weighted by Gasteiger charge is -2.14. The van der Waals surface area contributed by atoms with Crippen LogP contribution in [0.15, 0.2) is 93.3 Å². The topological polar surface area (TPSA) is 96.0 Å². The van der Waals surface area contributed by atoms with Gasteiger partial charge in [0.2, 0.25) is 5.91 Å². The molecule has 0 aliphatic heterocycles. The fourth-order valence-electron chi connectivity index (χ4n) is 2.62.